The summed E-state index contributed by atoms with van der Waals surface area (Å²) in [6.07, 6.45) is 5.21. The zero-order valence-corrected chi connectivity index (χ0v) is 9.84. The Morgan fingerprint density at radius 3 is 2.57 bits per heavy atom. The molecule has 1 aromatic carbocycles. The number of benzene rings is 1. The van der Waals surface area contributed by atoms with Crippen LogP contribution in [0.4, 0.5) is 11.4 Å². The highest BCUT2D eigenvalue weighted by Crippen LogP contribution is 2.21. The van der Waals surface area contributed by atoms with Crippen LogP contribution in [0.1, 0.15) is 17.5 Å². The van der Waals surface area contributed by atoms with Crippen LogP contribution < -0.4 is 11.5 Å². The summed E-state index contributed by atoms with van der Waals surface area (Å²) in [6.45, 7) is 2.03. The molecule has 0 amide bonds. The van der Waals surface area contributed by atoms with E-state index < -0.39 is 0 Å². The van der Waals surface area contributed by atoms with E-state index in [9.17, 15) is 0 Å². The predicted octanol–water partition coefficient (Wildman–Crippen LogP) is 2.96. The number of hydrogen-bond donors (Lipinski definition) is 2. The van der Waals surface area contributed by atoms with Crippen molar-refractivity contribution in [2.24, 2.45) is 0 Å². The van der Waals surface area contributed by atoms with Crippen LogP contribution in [0, 0.1) is 6.92 Å². The molecule has 0 aliphatic heterocycles. The highest BCUT2D eigenvalue weighted by atomic mass is 79.9. The highest BCUT2D eigenvalue weighted by molar-refractivity contribution is 9.09. The lowest BCUT2D eigenvalue weighted by atomic mass is 10.1. The molecule has 0 spiro atoms. The lowest BCUT2D eigenvalue weighted by Crippen LogP contribution is -1.96. The number of alkyl halides is 1. The number of nitrogens with two attached hydrogens (primary N) is 2. The van der Waals surface area contributed by atoms with E-state index in [0.29, 0.717) is 11.4 Å². The molecule has 0 aromatic heterocycles. The first kappa shape index (κ1) is 11.1. The zero-order chi connectivity index (χ0) is 10.6. The van der Waals surface area contributed by atoms with E-state index in [1.54, 1.807) is 0 Å². The number of nitrogen functional groups attached to an aromatic ring is 2. The van der Waals surface area contributed by atoms with Gasteiger partial charge in [0.15, 0.2) is 0 Å². The first-order chi connectivity index (χ1) is 6.65. The maximum Gasteiger partial charge on any atom is 0.0553 e. The lowest BCUT2D eigenvalue weighted by molar-refractivity contribution is 1.27. The molecule has 0 heterocycles. The monoisotopic (exact) mass is 254 g/mol. The Labute approximate surface area is 93.1 Å². The molecule has 76 valence electrons. The average molecular weight is 255 g/mol. The van der Waals surface area contributed by atoms with Crippen LogP contribution in [0.25, 0.3) is 6.08 Å². The molecule has 1 rings (SSSR count). The van der Waals surface area contributed by atoms with Crippen molar-refractivity contribution in [3.63, 3.8) is 0 Å². The Balaban J connectivity index is 2.92. The second-order valence-electron chi connectivity index (χ2n) is 3.22. The van der Waals surface area contributed by atoms with Crippen molar-refractivity contribution >= 4 is 33.4 Å². The van der Waals surface area contributed by atoms with Gasteiger partial charge in [0.2, 0.25) is 0 Å². The van der Waals surface area contributed by atoms with Gasteiger partial charge >= 0.3 is 0 Å². The molecule has 0 aliphatic carbocycles. The van der Waals surface area contributed by atoms with E-state index in [1.165, 1.54) is 0 Å². The molecule has 3 heteroatoms. The SMILES string of the molecule is Cc1cc(N)c(N)cc1C=CCCBr. The summed E-state index contributed by atoms with van der Waals surface area (Å²) < 4.78 is 0. The van der Waals surface area contributed by atoms with Crippen molar-refractivity contribution in [2.75, 3.05) is 16.8 Å². The molecule has 0 saturated carbocycles. The van der Waals surface area contributed by atoms with Crippen molar-refractivity contribution < 1.29 is 0 Å². The third-order valence-corrected chi connectivity index (χ3v) is 2.50. The fraction of sp³-hybridized carbons (Fsp3) is 0.273. The third-order valence-electron chi connectivity index (χ3n) is 2.04. The molecule has 0 bridgehead atoms. The van der Waals surface area contributed by atoms with Gasteiger partial charge in [-0.2, -0.15) is 0 Å². The molecule has 0 saturated heterocycles. The fourth-order valence-corrected chi connectivity index (χ4v) is 1.48. The van der Waals surface area contributed by atoms with E-state index in [4.69, 9.17) is 11.5 Å². The maximum atomic E-state index is 5.73. The van der Waals surface area contributed by atoms with E-state index in [-0.39, 0.29) is 0 Å². The van der Waals surface area contributed by atoms with Gasteiger partial charge in [0.05, 0.1) is 11.4 Å². The van der Waals surface area contributed by atoms with Gasteiger partial charge in [-0.1, -0.05) is 28.1 Å². The molecule has 2 nitrogen and oxygen atoms in total. The van der Waals surface area contributed by atoms with E-state index >= 15 is 0 Å². The van der Waals surface area contributed by atoms with Gasteiger partial charge < -0.3 is 11.5 Å². The Morgan fingerprint density at radius 1 is 1.29 bits per heavy atom. The first-order valence-electron chi connectivity index (χ1n) is 4.53. The normalized spacial score (nSPS) is 11.0. The van der Waals surface area contributed by atoms with E-state index in [2.05, 4.69) is 28.1 Å². The van der Waals surface area contributed by atoms with Gasteiger partial charge in [0, 0.05) is 5.33 Å². The molecule has 0 atom stereocenters. The van der Waals surface area contributed by atoms with Gasteiger partial charge in [-0.25, -0.2) is 0 Å². The Morgan fingerprint density at radius 2 is 1.93 bits per heavy atom. The highest BCUT2D eigenvalue weighted by Gasteiger charge is 1.99. The quantitative estimate of drug-likeness (QED) is 0.644. The molecule has 1 aromatic rings. The van der Waals surface area contributed by atoms with E-state index in [0.717, 1.165) is 22.9 Å². The molecular formula is C11H15BrN2. The summed E-state index contributed by atoms with van der Waals surface area (Å²) in [5.41, 5.74) is 15.0. The summed E-state index contributed by atoms with van der Waals surface area (Å²) in [4.78, 5) is 0. The minimum absolute atomic E-state index is 0.647. The second-order valence-corrected chi connectivity index (χ2v) is 4.01. The number of anilines is 2. The Hall–Kier alpha value is -0.960. The number of halogens is 1. The molecule has 14 heavy (non-hydrogen) atoms. The largest absolute Gasteiger partial charge is 0.397 e. The van der Waals surface area contributed by atoms with Crippen molar-refractivity contribution in [2.45, 2.75) is 13.3 Å². The molecule has 4 N–H and O–H groups in total. The maximum absolute atomic E-state index is 5.73. The number of hydrogen-bond acceptors (Lipinski definition) is 2. The topological polar surface area (TPSA) is 52.0 Å². The molecule has 0 fully saturated rings. The number of allylic oxidation sites excluding steroid dienone is 1. The predicted molar refractivity (Wildman–Crippen MR) is 67.4 cm³/mol. The Bertz CT molecular complexity index is 345. The van der Waals surface area contributed by atoms with Gasteiger partial charge in [0.1, 0.15) is 0 Å². The van der Waals surface area contributed by atoms with Gasteiger partial charge in [0.25, 0.3) is 0 Å². The van der Waals surface area contributed by atoms with Crippen LogP contribution in [0.5, 0.6) is 0 Å². The standard InChI is InChI=1S/C11H15BrN2/c1-8-6-10(13)11(14)7-9(8)4-2-3-5-12/h2,4,6-7H,3,5,13-14H2,1H3. The Kier molecular flexibility index (Phi) is 4.01. The van der Waals surface area contributed by atoms with Crippen LogP contribution in [0.15, 0.2) is 18.2 Å². The van der Waals surface area contributed by atoms with Gasteiger partial charge in [-0.3, -0.25) is 0 Å². The third kappa shape index (κ3) is 2.77. The van der Waals surface area contributed by atoms with Crippen LogP contribution in [-0.2, 0) is 0 Å². The molecule has 0 radical (unpaired) electrons. The number of rotatable bonds is 3. The van der Waals surface area contributed by atoms with Crippen molar-refractivity contribution in [1.82, 2.24) is 0 Å². The van der Waals surface area contributed by atoms with Crippen molar-refractivity contribution in [3.8, 4) is 0 Å². The summed E-state index contributed by atoms with van der Waals surface area (Å²) in [7, 11) is 0. The summed E-state index contributed by atoms with van der Waals surface area (Å²) in [6, 6.07) is 3.82. The zero-order valence-electron chi connectivity index (χ0n) is 8.26. The van der Waals surface area contributed by atoms with Crippen molar-refractivity contribution in [3.05, 3.63) is 29.3 Å². The molecular weight excluding hydrogens is 240 g/mol. The minimum Gasteiger partial charge on any atom is -0.397 e. The fourth-order valence-electron chi connectivity index (χ4n) is 1.22. The van der Waals surface area contributed by atoms with Crippen molar-refractivity contribution in [1.29, 1.82) is 0 Å². The summed E-state index contributed by atoms with van der Waals surface area (Å²) in [5, 5.41) is 0.979. The number of aryl methyl sites for hydroxylation is 1. The van der Waals surface area contributed by atoms with Crippen LogP contribution in [-0.4, -0.2) is 5.33 Å². The van der Waals surface area contributed by atoms with Gasteiger partial charge in [-0.15, -0.1) is 0 Å². The van der Waals surface area contributed by atoms with E-state index in [1.807, 2.05) is 19.1 Å². The smallest absolute Gasteiger partial charge is 0.0553 e. The second kappa shape index (κ2) is 5.05. The molecule has 0 aliphatic rings. The van der Waals surface area contributed by atoms with Crippen LogP contribution in [0.2, 0.25) is 0 Å². The lowest BCUT2D eigenvalue weighted by Gasteiger charge is -2.05. The minimum atomic E-state index is 0.647. The van der Waals surface area contributed by atoms with Crippen LogP contribution in [0.3, 0.4) is 0 Å². The van der Waals surface area contributed by atoms with Crippen LogP contribution >= 0.6 is 15.9 Å². The molecule has 0 unspecified atom stereocenters. The first-order valence-corrected chi connectivity index (χ1v) is 5.65. The van der Waals surface area contributed by atoms with Gasteiger partial charge in [-0.05, 0) is 36.6 Å². The average Bonchev–Trinajstić information content (AvgIpc) is 2.14. The summed E-state index contributed by atoms with van der Waals surface area (Å²) in [5.74, 6) is 0. The summed E-state index contributed by atoms with van der Waals surface area (Å²) >= 11 is 3.37.